The van der Waals surface area contributed by atoms with E-state index < -0.39 is 75.3 Å². The standard InChI is InChI=1S/C20H19NO8/c1-6-9-5-8-12(16(25)11-7(15(8)24)3-2-4-10(11)22)17(26)20(9,29)18(27)13(14(6)23)19(21)28/h2-4,6,8-9,15,22-24,26,29H,5H2,1H3,(H2,21,28)/t6-,8-,9-,15+,20-/m0/s1. The van der Waals surface area contributed by atoms with Gasteiger partial charge in [0.2, 0.25) is 5.78 Å². The van der Waals surface area contributed by atoms with Crippen LogP contribution in [-0.2, 0) is 9.59 Å². The molecule has 0 heterocycles. The number of phenols is 1. The molecule has 5 atom stereocenters. The van der Waals surface area contributed by atoms with Crippen molar-refractivity contribution in [3.8, 4) is 5.75 Å². The Labute approximate surface area is 164 Å². The number of carbonyl (C=O) groups is 3. The minimum Gasteiger partial charge on any atom is -0.511 e. The number of aliphatic hydroxyl groups is 4. The number of nitrogens with two attached hydrogens (primary N) is 1. The number of Topliss-reactive ketones (excluding diaryl/α,β-unsaturated/α-hetero) is 2. The van der Waals surface area contributed by atoms with Crippen molar-refractivity contribution in [1.29, 1.82) is 0 Å². The summed E-state index contributed by atoms with van der Waals surface area (Å²) in [5.74, 6) is -8.51. The lowest BCUT2D eigenvalue weighted by Gasteiger charge is -2.48. The van der Waals surface area contributed by atoms with E-state index in [1.54, 1.807) is 0 Å². The van der Waals surface area contributed by atoms with E-state index in [0.29, 0.717) is 0 Å². The van der Waals surface area contributed by atoms with Gasteiger partial charge < -0.3 is 31.3 Å². The molecule has 1 amide bonds. The predicted molar refractivity (Wildman–Crippen MR) is 96.6 cm³/mol. The summed E-state index contributed by atoms with van der Waals surface area (Å²) >= 11 is 0. The number of fused-ring (bicyclic) bond motifs is 3. The van der Waals surface area contributed by atoms with Gasteiger partial charge >= 0.3 is 0 Å². The number of aromatic hydroxyl groups is 1. The molecule has 9 heteroatoms. The van der Waals surface area contributed by atoms with Crippen LogP contribution < -0.4 is 5.73 Å². The molecule has 0 saturated carbocycles. The summed E-state index contributed by atoms with van der Waals surface area (Å²) in [5.41, 5.74) is 1.19. The summed E-state index contributed by atoms with van der Waals surface area (Å²) in [4.78, 5) is 37.6. The largest absolute Gasteiger partial charge is 0.511 e. The van der Waals surface area contributed by atoms with Crippen LogP contribution in [0.2, 0.25) is 0 Å². The maximum Gasteiger partial charge on any atom is 0.255 e. The first kappa shape index (κ1) is 19.2. The number of benzene rings is 1. The fourth-order valence-electron chi connectivity index (χ4n) is 4.89. The maximum atomic E-state index is 13.0. The number of hydrogen-bond acceptors (Lipinski definition) is 8. The van der Waals surface area contributed by atoms with Crippen molar-refractivity contribution < 1.29 is 39.9 Å². The van der Waals surface area contributed by atoms with Gasteiger partial charge in [0.05, 0.1) is 11.7 Å². The van der Waals surface area contributed by atoms with Gasteiger partial charge in [-0.15, -0.1) is 0 Å². The number of carbonyl (C=O) groups excluding carboxylic acids is 3. The molecule has 3 aliphatic carbocycles. The molecule has 0 fully saturated rings. The van der Waals surface area contributed by atoms with Crippen LogP contribution in [0.1, 0.15) is 35.4 Å². The van der Waals surface area contributed by atoms with Gasteiger partial charge in [-0.05, 0) is 18.1 Å². The van der Waals surface area contributed by atoms with Crippen molar-refractivity contribution in [3.63, 3.8) is 0 Å². The highest BCUT2D eigenvalue weighted by Crippen LogP contribution is 2.55. The number of amides is 1. The van der Waals surface area contributed by atoms with Gasteiger partial charge in [0.1, 0.15) is 22.8 Å². The van der Waals surface area contributed by atoms with E-state index in [1.165, 1.54) is 25.1 Å². The van der Waals surface area contributed by atoms with E-state index in [2.05, 4.69) is 0 Å². The van der Waals surface area contributed by atoms with Gasteiger partial charge in [-0.2, -0.15) is 0 Å². The van der Waals surface area contributed by atoms with E-state index in [9.17, 15) is 39.9 Å². The molecule has 0 bridgehead atoms. The molecule has 152 valence electrons. The number of rotatable bonds is 1. The second-order valence-electron chi connectivity index (χ2n) is 7.73. The molecule has 9 nitrogen and oxygen atoms in total. The quantitative estimate of drug-likeness (QED) is 0.364. The van der Waals surface area contributed by atoms with Crippen molar-refractivity contribution >= 4 is 17.5 Å². The van der Waals surface area contributed by atoms with E-state index in [1.807, 2.05) is 0 Å². The SMILES string of the molecule is C[C@@H]1C(O)=C(C(N)=O)C(=O)[C@@]2(O)C(O)=C3C(=O)c4c(O)cccc4[C@@H](O)[C@H]3C[C@@H]12. The number of primary amides is 1. The molecule has 3 aliphatic rings. The fourth-order valence-corrected chi connectivity index (χ4v) is 4.89. The molecule has 4 rings (SSSR count). The minimum atomic E-state index is -2.67. The summed E-state index contributed by atoms with van der Waals surface area (Å²) in [6.45, 7) is 1.44. The number of aliphatic hydroxyl groups excluding tert-OH is 3. The highest BCUT2D eigenvalue weighted by molar-refractivity contribution is 6.24. The normalized spacial score (nSPS) is 33.9. The van der Waals surface area contributed by atoms with Crippen LogP contribution >= 0.6 is 0 Å². The Kier molecular flexibility index (Phi) is 3.91. The minimum absolute atomic E-state index is 0.138. The number of hydrogen-bond donors (Lipinski definition) is 6. The monoisotopic (exact) mass is 401 g/mol. The second-order valence-corrected chi connectivity index (χ2v) is 7.73. The lowest BCUT2D eigenvalue weighted by Crippen LogP contribution is -2.59. The van der Waals surface area contributed by atoms with Crippen LogP contribution in [0.5, 0.6) is 5.75 Å². The molecule has 0 saturated heterocycles. The average Bonchev–Trinajstić information content (AvgIpc) is 2.66. The topological polar surface area (TPSA) is 178 Å². The van der Waals surface area contributed by atoms with Crippen molar-refractivity contribution in [2.24, 2.45) is 23.5 Å². The number of ketones is 2. The summed E-state index contributed by atoms with van der Waals surface area (Å²) in [7, 11) is 0. The Morgan fingerprint density at radius 2 is 1.86 bits per heavy atom. The summed E-state index contributed by atoms with van der Waals surface area (Å²) in [6, 6.07) is 4.16. The number of phenolic OH excluding ortho intramolecular Hbond substituents is 1. The average molecular weight is 401 g/mol. The van der Waals surface area contributed by atoms with E-state index in [0.717, 1.165) is 0 Å². The zero-order valence-electron chi connectivity index (χ0n) is 15.3. The molecule has 1 aromatic rings. The third kappa shape index (κ3) is 2.19. The fraction of sp³-hybridized carbons (Fsp3) is 0.350. The molecular weight excluding hydrogens is 382 g/mol. The molecule has 0 unspecified atom stereocenters. The molecule has 7 N–H and O–H groups in total. The third-order valence-electron chi connectivity index (χ3n) is 6.39. The smallest absolute Gasteiger partial charge is 0.255 e. The van der Waals surface area contributed by atoms with Crippen LogP contribution in [0, 0.1) is 17.8 Å². The summed E-state index contributed by atoms with van der Waals surface area (Å²) < 4.78 is 0. The summed E-state index contributed by atoms with van der Waals surface area (Å²) in [5, 5.41) is 53.3. The first-order chi connectivity index (χ1) is 13.5. The van der Waals surface area contributed by atoms with Gasteiger partial charge in [-0.1, -0.05) is 19.1 Å². The van der Waals surface area contributed by atoms with Gasteiger partial charge in [-0.25, -0.2) is 0 Å². The van der Waals surface area contributed by atoms with Gasteiger partial charge in [-0.3, -0.25) is 14.4 Å². The first-order valence-electron chi connectivity index (χ1n) is 9.01. The van der Waals surface area contributed by atoms with Crippen molar-refractivity contribution in [2.75, 3.05) is 0 Å². The number of allylic oxidation sites excluding steroid dienone is 1. The van der Waals surface area contributed by atoms with Crippen molar-refractivity contribution in [3.05, 3.63) is 52.0 Å². The van der Waals surface area contributed by atoms with E-state index in [4.69, 9.17) is 5.73 Å². The molecule has 0 spiro atoms. The maximum absolute atomic E-state index is 13.0. The van der Waals surface area contributed by atoms with Crippen LogP contribution in [-0.4, -0.2) is 48.6 Å². The van der Waals surface area contributed by atoms with Crippen LogP contribution in [0.25, 0.3) is 0 Å². The molecule has 1 aromatic carbocycles. The molecule has 0 radical (unpaired) electrons. The van der Waals surface area contributed by atoms with Gasteiger partial charge in [0.15, 0.2) is 11.4 Å². The van der Waals surface area contributed by atoms with Crippen LogP contribution in [0.4, 0.5) is 0 Å². The molecule has 29 heavy (non-hydrogen) atoms. The van der Waals surface area contributed by atoms with Crippen molar-refractivity contribution in [2.45, 2.75) is 25.0 Å². The Morgan fingerprint density at radius 3 is 2.48 bits per heavy atom. The third-order valence-corrected chi connectivity index (χ3v) is 6.39. The Hall–Kier alpha value is -3.17. The van der Waals surface area contributed by atoms with E-state index in [-0.39, 0.29) is 17.5 Å². The van der Waals surface area contributed by atoms with Crippen LogP contribution in [0.3, 0.4) is 0 Å². The van der Waals surface area contributed by atoms with E-state index >= 15 is 0 Å². The lowest BCUT2D eigenvalue weighted by molar-refractivity contribution is -0.148. The Morgan fingerprint density at radius 1 is 1.21 bits per heavy atom. The van der Waals surface area contributed by atoms with Gasteiger partial charge in [0, 0.05) is 23.3 Å². The van der Waals surface area contributed by atoms with Crippen LogP contribution in [0.15, 0.2) is 40.9 Å². The first-order valence-corrected chi connectivity index (χ1v) is 9.01. The Balaban J connectivity index is 1.98. The zero-order valence-corrected chi connectivity index (χ0v) is 15.3. The second kappa shape index (κ2) is 5.91. The Bertz CT molecular complexity index is 1050. The lowest BCUT2D eigenvalue weighted by atomic mass is 9.57. The zero-order chi connectivity index (χ0) is 21.4. The van der Waals surface area contributed by atoms with Gasteiger partial charge in [0.25, 0.3) is 5.91 Å². The summed E-state index contributed by atoms with van der Waals surface area (Å²) in [6.07, 6.45) is -1.44. The molecule has 0 aromatic heterocycles. The highest BCUT2D eigenvalue weighted by Gasteiger charge is 2.62. The van der Waals surface area contributed by atoms with Crippen molar-refractivity contribution in [1.82, 2.24) is 0 Å². The molecular formula is C20H19NO8. The molecule has 0 aliphatic heterocycles. The predicted octanol–water partition coefficient (Wildman–Crippen LogP) is 0.317. The highest BCUT2D eigenvalue weighted by atomic mass is 16.3.